The van der Waals surface area contributed by atoms with Crippen molar-refractivity contribution in [3.05, 3.63) is 59.7 Å². The molecule has 0 aliphatic rings. The summed E-state index contributed by atoms with van der Waals surface area (Å²) < 4.78 is 5.64. The van der Waals surface area contributed by atoms with Crippen LogP contribution >= 0.6 is 12.2 Å². The maximum absolute atomic E-state index is 5.64. The molecule has 0 unspecified atom stereocenters. The van der Waals surface area contributed by atoms with Gasteiger partial charge in [0.25, 0.3) is 0 Å². The molecule has 1 atom stereocenters. The highest BCUT2D eigenvalue weighted by Crippen LogP contribution is 2.26. The number of para-hydroxylation sites is 2. The van der Waals surface area contributed by atoms with Gasteiger partial charge in [0.15, 0.2) is 5.11 Å². The quantitative estimate of drug-likeness (QED) is 0.718. The molecule has 3 nitrogen and oxygen atoms in total. The van der Waals surface area contributed by atoms with Crippen LogP contribution in [0.25, 0.3) is 0 Å². The van der Waals surface area contributed by atoms with Gasteiger partial charge in [0.1, 0.15) is 5.75 Å². The van der Waals surface area contributed by atoms with Crippen molar-refractivity contribution in [1.29, 1.82) is 0 Å². The molecule has 0 heterocycles. The fourth-order valence-electron chi connectivity index (χ4n) is 2.69. The molecule has 0 saturated carbocycles. The second-order valence-electron chi connectivity index (χ2n) is 6.11. The molecule has 24 heavy (non-hydrogen) atoms. The molecule has 0 bridgehead atoms. The zero-order valence-corrected chi connectivity index (χ0v) is 15.6. The molecule has 2 N–H and O–H groups in total. The van der Waals surface area contributed by atoms with E-state index in [2.05, 4.69) is 55.7 Å². The summed E-state index contributed by atoms with van der Waals surface area (Å²) in [5.41, 5.74) is 3.42. The Morgan fingerprint density at radius 3 is 2.42 bits per heavy atom. The third kappa shape index (κ3) is 4.71. The molecule has 4 heteroatoms. The normalized spacial score (nSPS) is 11.9. The summed E-state index contributed by atoms with van der Waals surface area (Å²) in [6, 6.07) is 16.4. The van der Waals surface area contributed by atoms with Gasteiger partial charge in [0.2, 0.25) is 0 Å². The molecule has 2 rings (SSSR count). The van der Waals surface area contributed by atoms with Crippen molar-refractivity contribution in [3.63, 3.8) is 0 Å². The van der Waals surface area contributed by atoms with Crippen LogP contribution in [-0.2, 0) is 0 Å². The van der Waals surface area contributed by atoms with Crippen LogP contribution in [0.15, 0.2) is 48.5 Å². The fraction of sp³-hybridized carbons (Fsp3) is 0.350. The minimum absolute atomic E-state index is 0.158. The van der Waals surface area contributed by atoms with E-state index in [9.17, 15) is 0 Å². The molecular weight excluding hydrogens is 316 g/mol. The Morgan fingerprint density at radius 1 is 1.08 bits per heavy atom. The second-order valence-corrected chi connectivity index (χ2v) is 6.51. The van der Waals surface area contributed by atoms with Crippen LogP contribution < -0.4 is 15.4 Å². The van der Waals surface area contributed by atoms with Crippen molar-refractivity contribution >= 4 is 23.0 Å². The minimum atomic E-state index is 0.158. The van der Waals surface area contributed by atoms with Crippen LogP contribution in [0.1, 0.15) is 37.9 Å². The number of ether oxygens (including phenoxy) is 1. The first-order chi connectivity index (χ1) is 11.5. The van der Waals surface area contributed by atoms with Crippen molar-refractivity contribution in [1.82, 2.24) is 5.32 Å². The Balaban J connectivity index is 2.14. The van der Waals surface area contributed by atoms with E-state index in [1.165, 1.54) is 11.1 Å². The Labute approximate surface area is 150 Å². The highest BCUT2D eigenvalue weighted by Gasteiger charge is 2.18. The van der Waals surface area contributed by atoms with Crippen LogP contribution in [0.4, 0.5) is 5.69 Å². The summed E-state index contributed by atoms with van der Waals surface area (Å²) >= 11 is 5.54. The fourth-order valence-corrected chi connectivity index (χ4v) is 2.93. The van der Waals surface area contributed by atoms with Crippen molar-refractivity contribution in [3.8, 4) is 5.75 Å². The number of aryl methyl sites for hydroxylation is 1. The molecule has 0 fully saturated rings. The van der Waals surface area contributed by atoms with E-state index >= 15 is 0 Å². The molecule has 0 aromatic heterocycles. The first-order valence-corrected chi connectivity index (χ1v) is 8.78. The van der Waals surface area contributed by atoms with Gasteiger partial charge in [-0.1, -0.05) is 50.2 Å². The molecular formula is C20H26N2OS. The van der Waals surface area contributed by atoms with Crippen LogP contribution in [0.5, 0.6) is 5.75 Å². The third-order valence-electron chi connectivity index (χ3n) is 3.91. The molecule has 2 aromatic carbocycles. The standard InChI is InChI=1S/C20H26N2OS/c1-5-23-18-13-9-8-12-17(18)21-20(24)22-19(14(2)3)16-11-7-6-10-15(16)4/h6-14,19H,5H2,1-4H3,(H2,21,22,24)/t19-/m0/s1. The van der Waals surface area contributed by atoms with E-state index in [1.807, 2.05) is 31.2 Å². The summed E-state index contributed by atoms with van der Waals surface area (Å²) in [5, 5.41) is 7.32. The highest BCUT2D eigenvalue weighted by molar-refractivity contribution is 7.80. The van der Waals surface area contributed by atoms with Crippen molar-refractivity contribution in [2.24, 2.45) is 5.92 Å². The SMILES string of the molecule is CCOc1ccccc1NC(=S)N[C@H](c1ccccc1C)C(C)C. The number of hydrogen-bond acceptors (Lipinski definition) is 2. The van der Waals surface area contributed by atoms with E-state index in [0.717, 1.165) is 11.4 Å². The van der Waals surface area contributed by atoms with Crippen LogP contribution in [0.3, 0.4) is 0 Å². The molecule has 2 aromatic rings. The van der Waals surface area contributed by atoms with Crippen molar-refractivity contribution in [2.75, 3.05) is 11.9 Å². The lowest BCUT2D eigenvalue weighted by Crippen LogP contribution is -2.35. The predicted octanol–water partition coefficient (Wildman–Crippen LogP) is 5.08. The maximum Gasteiger partial charge on any atom is 0.171 e. The summed E-state index contributed by atoms with van der Waals surface area (Å²) in [6.07, 6.45) is 0. The molecule has 128 valence electrons. The second kappa shape index (κ2) is 8.69. The van der Waals surface area contributed by atoms with Gasteiger partial charge in [-0.15, -0.1) is 0 Å². The highest BCUT2D eigenvalue weighted by atomic mass is 32.1. The molecule has 0 aliphatic carbocycles. The van der Waals surface area contributed by atoms with Crippen molar-refractivity contribution < 1.29 is 4.74 Å². The van der Waals surface area contributed by atoms with Crippen LogP contribution in [-0.4, -0.2) is 11.7 Å². The predicted molar refractivity (Wildman–Crippen MR) is 106 cm³/mol. The lowest BCUT2D eigenvalue weighted by atomic mass is 9.93. The summed E-state index contributed by atoms with van der Waals surface area (Å²) in [7, 11) is 0. The number of nitrogens with one attached hydrogen (secondary N) is 2. The first kappa shape index (κ1) is 18.3. The lowest BCUT2D eigenvalue weighted by Gasteiger charge is -2.26. The largest absolute Gasteiger partial charge is 0.492 e. The first-order valence-electron chi connectivity index (χ1n) is 8.37. The van der Waals surface area contributed by atoms with Crippen LogP contribution in [0.2, 0.25) is 0 Å². The van der Waals surface area contributed by atoms with Gasteiger partial charge in [-0.3, -0.25) is 0 Å². The van der Waals surface area contributed by atoms with Crippen molar-refractivity contribution in [2.45, 2.75) is 33.7 Å². The molecule has 0 aliphatic heterocycles. The number of thiocarbonyl (C=S) groups is 1. The van der Waals surface area contributed by atoms with E-state index < -0.39 is 0 Å². The Hall–Kier alpha value is -2.07. The van der Waals surface area contributed by atoms with Crippen LogP contribution in [0, 0.1) is 12.8 Å². The van der Waals surface area contributed by atoms with Gasteiger partial charge in [0.05, 0.1) is 18.3 Å². The number of anilines is 1. The van der Waals surface area contributed by atoms with Gasteiger partial charge in [0, 0.05) is 0 Å². The van der Waals surface area contributed by atoms with E-state index in [-0.39, 0.29) is 6.04 Å². The molecule has 0 spiro atoms. The van der Waals surface area contributed by atoms with Gasteiger partial charge in [-0.25, -0.2) is 0 Å². The monoisotopic (exact) mass is 342 g/mol. The number of hydrogen-bond donors (Lipinski definition) is 2. The van der Waals surface area contributed by atoms with Gasteiger partial charge < -0.3 is 15.4 Å². The summed E-state index contributed by atoms with van der Waals surface area (Å²) in [5.74, 6) is 1.22. The molecule has 0 amide bonds. The van der Waals surface area contributed by atoms with E-state index in [0.29, 0.717) is 17.6 Å². The van der Waals surface area contributed by atoms with Gasteiger partial charge >= 0.3 is 0 Å². The lowest BCUT2D eigenvalue weighted by molar-refractivity contribution is 0.342. The van der Waals surface area contributed by atoms with Gasteiger partial charge in [-0.05, 0) is 55.2 Å². The summed E-state index contributed by atoms with van der Waals surface area (Å²) in [6.45, 7) is 9.12. The zero-order chi connectivity index (χ0) is 17.5. The number of rotatable bonds is 6. The molecule has 0 saturated heterocycles. The van der Waals surface area contributed by atoms with Gasteiger partial charge in [-0.2, -0.15) is 0 Å². The Bertz CT molecular complexity index is 685. The Morgan fingerprint density at radius 2 is 1.75 bits per heavy atom. The topological polar surface area (TPSA) is 33.3 Å². The smallest absolute Gasteiger partial charge is 0.171 e. The third-order valence-corrected chi connectivity index (χ3v) is 4.13. The number of benzene rings is 2. The summed E-state index contributed by atoms with van der Waals surface area (Å²) in [4.78, 5) is 0. The zero-order valence-electron chi connectivity index (χ0n) is 14.8. The van der Waals surface area contributed by atoms with E-state index in [4.69, 9.17) is 17.0 Å². The average molecular weight is 343 g/mol. The average Bonchev–Trinajstić information content (AvgIpc) is 2.55. The molecule has 0 radical (unpaired) electrons. The Kier molecular flexibility index (Phi) is 6.62. The maximum atomic E-state index is 5.64. The minimum Gasteiger partial charge on any atom is -0.492 e. The van der Waals surface area contributed by atoms with E-state index in [1.54, 1.807) is 0 Å².